The van der Waals surface area contributed by atoms with Crippen LogP contribution >= 0.6 is 0 Å². The molecule has 2 N–H and O–H groups in total. The van der Waals surface area contributed by atoms with E-state index in [4.69, 9.17) is 5.41 Å². The molecule has 1 saturated heterocycles. The molecule has 1 aliphatic heterocycles. The van der Waals surface area contributed by atoms with Crippen molar-refractivity contribution in [1.29, 1.82) is 5.41 Å². The Bertz CT molecular complexity index is 258. The van der Waals surface area contributed by atoms with Crippen LogP contribution in [0.2, 0.25) is 0 Å². The first-order chi connectivity index (χ1) is 7.57. The van der Waals surface area contributed by atoms with E-state index in [1.54, 1.807) is 6.92 Å². The first-order valence-electron chi connectivity index (χ1n) is 6.13. The Morgan fingerprint density at radius 3 is 2.38 bits per heavy atom. The topological polar surface area (TPSA) is 64.4 Å². The summed E-state index contributed by atoms with van der Waals surface area (Å²) >= 11 is 0. The van der Waals surface area contributed by atoms with E-state index in [2.05, 4.69) is 0 Å². The van der Waals surface area contributed by atoms with Gasteiger partial charge in [-0.2, -0.15) is 0 Å². The fourth-order valence-electron chi connectivity index (χ4n) is 2.15. The molecule has 2 atom stereocenters. The van der Waals surface area contributed by atoms with Crippen LogP contribution in [0, 0.1) is 11.3 Å². The van der Waals surface area contributed by atoms with E-state index >= 15 is 0 Å². The van der Waals surface area contributed by atoms with E-state index in [1.165, 1.54) is 6.42 Å². The molecule has 0 radical (unpaired) electrons. The molecule has 1 aliphatic rings. The molecule has 92 valence electrons. The van der Waals surface area contributed by atoms with Crippen molar-refractivity contribution in [3.8, 4) is 0 Å². The Labute approximate surface area is 97.1 Å². The molecule has 0 saturated carbocycles. The summed E-state index contributed by atoms with van der Waals surface area (Å²) in [7, 11) is 0. The first-order valence-corrected chi connectivity index (χ1v) is 6.13. The third-order valence-corrected chi connectivity index (χ3v) is 3.20. The molecule has 0 spiro atoms. The van der Waals surface area contributed by atoms with Crippen LogP contribution in [-0.4, -0.2) is 40.8 Å². The largest absolute Gasteiger partial charge is 0.387 e. The van der Waals surface area contributed by atoms with Gasteiger partial charge in [-0.25, -0.2) is 0 Å². The number of aliphatic hydroxyl groups excluding tert-OH is 1. The quantitative estimate of drug-likeness (QED) is 0.712. The van der Waals surface area contributed by atoms with E-state index in [0.717, 1.165) is 25.9 Å². The van der Waals surface area contributed by atoms with E-state index < -0.39 is 12.0 Å². The number of nitrogens with zero attached hydrogens (tertiary/aromatic N) is 1. The minimum Gasteiger partial charge on any atom is -0.387 e. The molecule has 0 aromatic heterocycles. The Morgan fingerprint density at radius 2 is 1.94 bits per heavy atom. The molecule has 2 unspecified atom stereocenters. The average molecular weight is 226 g/mol. The molecular formula is C12H22N2O2. The van der Waals surface area contributed by atoms with Crippen molar-refractivity contribution >= 4 is 11.6 Å². The van der Waals surface area contributed by atoms with Crippen molar-refractivity contribution in [3.63, 3.8) is 0 Å². The van der Waals surface area contributed by atoms with Crippen molar-refractivity contribution in [2.75, 3.05) is 13.1 Å². The molecule has 16 heavy (non-hydrogen) atoms. The van der Waals surface area contributed by atoms with Gasteiger partial charge in [0.1, 0.15) is 0 Å². The number of carbonyl (C=O) groups excluding carboxylic acids is 1. The maximum atomic E-state index is 12.1. The fraction of sp³-hybridized carbons (Fsp3) is 0.833. The highest BCUT2D eigenvalue weighted by Crippen LogP contribution is 2.16. The van der Waals surface area contributed by atoms with Crippen molar-refractivity contribution in [1.82, 2.24) is 4.90 Å². The van der Waals surface area contributed by atoms with Crippen LogP contribution in [0.15, 0.2) is 0 Å². The van der Waals surface area contributed by atoms with E-state index in [0.29, 0.717) is 6.42 Å². The van der Waals surface area contributed by atoms with E-state index in [1.807, 2.05) is 11.8 Å². The van der Waals surface area contributed by atoms with Crippen molar-refractivity contribution in [2.24, 2.45) is 5.92 Å². The van der Waals surface area contributed by atoms with Gasteiger partial charge in [0.2, 0.25) is 5.91 Å². The normalized spacial score (nSPS) is 20.3. The van der Waals surface area contributed by atoms with Crippen molar-refractivity contribution in [3.05, 3.63) is 0 Å². The lowest BCUT2D eigenvalue weighted by molar-refractivity contribution is -0.134. The van der Waals surface area contributed by atoms with Gasteiger partial charge in [-0.1, -0.05) is 6.92 Å². The van der Waals surface area contributed by atoms with Crippen LogP contribution < -0.4 is 0 Å². The van der Waals surface area contributed by atoms with Gasteiger partial charge in [-0.05, 0) is 32.6 Å². The SMILES string of the molecule is CCC(C(=N)C(C)O)C(=O)N1CCCCC1. The molecule has 1 heterocycles. The maximum absolute atomic E-state index is 12.1. The summed E-state index contributed by atoms with van der Waals surface area (Å²) in [4.78, 5) is 14.0. The minimum atomic E-state index is -0.821. The van der Waals surface area contributed by atoms with Gasteiger partial charge in [0.15, 0.2) is 0 Å². The molecule has 1 rings (SSSR count). The molecule has 0 aromatic rings. The number of carbonyl (C=O) groups is 1. The first kappa shape index (κ1) is 13.2. The summed E-state index contributed by atoms with van der Waals surface area (Å²) in [6, 6.07) is 0. The van der Waals surface area contributed by atoms with Gasteiger partial charge in [0.25, 0.3) is 0 Å². The zero-order chi connectivity index (χ0) is 12.1. The van der Waals surface area contributed by atoms with Gasteiger partial charge in [-0.3, -0.25) is 4.79 Å². The molecule has 4 nitrogen and oxygen atoms in total. The third kappa shape index (κ3) is 3.04. The lowest BCUT2D eigenvalue weighted by Gasteiger charge is -2.30. The molecule has 4 heteroatoms. The van der Waals surface area contributed by atoms with Gasteiger partial charge >= 0.3 is 0 Å². The summed E-state index contributed by atoms with van der Waals surface area (Å²) in [6.07, 6.45) is 3.08. The van der Waals surface area contributed by atoms with Crippen molar-refractivity contribution in [2.45, 2.75) is 45.6 Å². The van der Waals surface area contributed by atoms with E-state index in [-0.39, 0.29) is 11.6 Å². The lowest BCUT2D eigenvalue weighted by atomic mass is 9.94. The third-order valence-electron chi connectivity index (χ3n) is 3.20. The standard InChI is InChI=1S/C12H22N2O2/c1-3-10(11(13)9(2)15)12(16)14-7-5-4-6-8-14/h9-10,13,15H,3-8H2,1-2H3. The average Bonchev–Trinajstić information content (AvgIpc) is 2.30. The Hall–Kier alpha value is -0.900. The number of amides is 1. The summed E-state index contributed by atoms with van der Waals surface area (Å²) in [5, 5.41) is 17.1. The molecule has 1 amide bonds. The highest BCUT2D eigenvalue weighted by molar-refractivity contribution is 6.04. The van der Waals surface area contributed by atoms with Gasteiger partial charge in [0, 0.05) is 18.8 Å². The van der Waals surface area contributed by atoms with Crippen LogP contribution in [0.3, 0.4) is 0 Å². The number of hydrogen-bond donors (Lipinski definition) is 2. The summed E-state index contributed by atoms with van der Waals surface area (Å²) in [5.74, 6) is -0.411. The highest BCUT2D eigenvalue weighted by Gasteiger charge is 2.29. The summed E-state index contributed by atoms with van der Waals surface area (Å²) in [6.45, 7) is 5.06. The Balaban J connectivity index is 2.64. The monoisotopic (exact) mass is 226 g/mol. The second kappa shape index (κ2) is 5.99. The number of piperidine rings is 1. The predicted octanol–water partition coefficient (Wildman–Crippen LogP) is 1.43. The second-order valence-corrected chi connectivity index (χ2v) is 4.48. The Morgan fingerprint density at radius 1 is 1.38 bits per heavy atom. The van der Waals surface area contributed by atoms with Crippen LogP contribution in [0.5, 0.6) is 0 Å². The number of likely N-dealkylation sites (tertiary alicyclic amines) is 1. The predicted molar refractivity (Wildman–Crippen MR) is 63.6 cm³/mol. The van der Waals surface area contributed by atoms with Crippen LogP contribution in [0.1, 0.15) is 39.5 Å². The van der Waals surface area contributed by atoms with Gasteiger partial charge in [-0.15, -0.1) is 0 Å². The van der Waals surface area contributed by atoms with Crippen LogP contribution in [0.25, 0.3) is 0 Å². The number of rotatable bonds is 4. The summed E-state index contributed by atoms with van der Waals surface area (Å²) < 4.78 is 0. The zero-order valence-corrected chi connectivity index (χ0v) is 10.2. The highest BCUT2D eigenvalue weighted by atomic mass is 16.3. The van der Waals surface area contributed by atoms with Gasteiger partial charge < -0.3 is 15.4 Å². The molecule has 0 bridgehead atoms. The molecule has 1 fully saturated rings. The van der Waals surface area contributed by atoms with Crippen molar-refractivity contribution < 1.29 is 9.90 Å². The number of aliphatic hydroxyl groups is 1. The Kier molecular flexibility index (Phi) is 4.93. The zero-order valence-electron chi connectivity index (χ0n) is 10.2. The smallest absolute Gasteiger partial charge is 0.231 e. The molecule has 0 aliphatic carbocycles. The number of hydrogen-bond acceptors (Lipinski definition) is 3. The summed E-state index contributed by atoms with van der Waals surface area (Å²) in [5.41, 5.74) is 0.151. The second-order valence-electron chi connectivity index (χ2n) is 4.48. The maximum Gasteiger partial charge on any atom is 0.231 e. The van der Waals surface area contributed by atoms with E-state index in [9.17, 15) is 9.90 Å². The molecule has 0 aromatic carbocycles. The minimum absolute atomic E-state index is 0.0214. The van der Waals surface area contributed by atoms with Gasteiger partial charge in [0.05, 0.1) is 12.0 Å². The molecular weight excluding hydrogens is 204 g/mol. The fourth-order valence-corrected chi connectivity index (χ4v) is 2.15. The van der Waals surface area contributed by atoms with Crippen LogP contribution in [-0.2, 0) is 4.79 Å². The van der Waals surface area contributed by atoms with Crippen LogP contribution in [0.4, 0.5) is 0 Å². The number of nitrogens with one attached hydrogen (secondary N) is 1. The lowest BCUT2D eigenvalue weighted by Crippen LogP contribution is -2.43.